The number of halogens is 1. The number of thiophene rings is 1. The molecule has 0 atom stereocenters. The van der Waals surface area contributed by atoms with Crippen molar-refractivity contribution in [3.05, 3.63) is 81.9 Å². The highest BCUT2D eigenvalue weighted by molar-refractivity contribution is 7.10. The number of benzene rings is 2. The molecular weight excluding hydrogens is 377 g/mol. The highest BCUT2D eigenvalue weighted by atomic mass is 32.1. The van der Waals surface area contributed by atoms with Crippen LogP contribution in [0.1, 0.15) is 16.1 Å². The number of rotatable bonds is 6. The second kappa shape index (κ2) is 7.48. The fourth-order valence-electron chi connectivity index (χ4n) is 3.41. The summed E-state index contributed by atoms with van der Waals surface area (Å²) in [7, 11) is 0. The van der Waals surface area contributed by atoms with E-state index in [1.807, 2.05) is 48.7 Å². The molecule has 0 bridgehead atoms. The van der Waals surface area contributed by atoms with E-state index in [9.17, 15) is 14.3 Å². The summed E-state index contributed by atoms with van der Waals surface area (Å²) in [5, 5.41) is 12.0. The van der Waals surface area contributed by atoms with Gasteiger partial charge in [-0.3, -0.25) is 4.79 Å². The molecular formula is C22H18FNO3S. The fourth-order valence-corrected chi connectivity index (χ4v) is 4.22. The molecule has 0 aliphatic rings. The third-order valence-electron chi connectivity index (χ3n) is 4.72. The van der Waals surface area contributed by atoms with Crippen LogP contribution >= 0.6 is 11.3 Å². The molecule has 142 valence electrons. The van der Waals surface area contributed by atoms with Gasteiger partial charge >= 0.3 is 5.97 Å². The molecule has 4 nitrogen and oxygen atoms in total. The lowest BCUT2D eigenvalue weighted by molar-refractivity contribution is -0.137. The summed E-state index contributed by atoms with van der Waals surface area (Å²) in [4.78, 5) is 12.3. The number of hydrogen-bond donors (Lipinski definition) is 1. The van der Waals surface area contributed by atoms with Gasteiger partial charge in [0.1, 0.15) is 23.9 Å². The van der Waals surface area contributed by atoms with Gasteiger partial charge in [0.15, 0.2) is 0 Å². The van der Waals surface area contributed by atoms with Crippen LogP contribution in [0.3, 0.4) is 0 Å². The summed E-state index contributed by atoms with van der Waals surface area (Å²) < 4.78 is 21.6. The molecule has 0 aliphatic carbocycles. The molecule has 2 aromatic heterocycles. The SMILES string of the molecule is Cc1c(Cc2sccc2Oc2ccccc2)c2cc(F)ccc2n1CC(=O)O. The molecule has 6 heteroatoms. The number of aromatic nitrogens is 1. The van der Waals surface area contributed by atoms with Crippen molar-refractivity contribution < 1.29 is 19.0 Å². The summed E-state index contributed by atoms with van der Waals surface area (Å²) in [6, 6.07) is 15.9. The number of carboxylic acids is 1. The molecule has 0 spiro atoms. The number of nitrogens with zero attached hydrogens (tertiary/aromatic N) is 1. The number of ether oxygens (including phenoxy) is 1. The van der Waals surface area contributed by atoms with E-state index in [0.717, 1.165) is 38.5 Å². The van der Waals surface area contributed by atoms with E-state index < -0.39 is 5.97 Å². The first kappa shape index (κ1) is 18.3. The Bertz CT molecular complexity index is 1150. The van der Waals surface area contributed by atoms with Crippen LogP contribution < -0.4 is 4.74 Å². The number of hydrogen-bond acceptors (Lipinski definition) is 3. The predicted octanol–water partition coefficient (Wildman–Crippen LogP) is 5.62. The minimum absolute atomic E-state index is 0.161. The Kier molecular flexibility index (Phi) is 4.88. The van der Waals surface area contributed by atoms with Crippen molar-refractivity contribution in [3.63, 3.8) is 0 Å². The monoisotopic (exact) mass is 395 g/mol. The van der Waals surface area contributed by atoms with E-state index >= 15 is 0 Å². The van der Waals surface area contributed by atoms with Crippen LogP contribution in [0, 0.1) is 12.7 Å². The molecule has 0 radical (unpaired) electrons. The fraction of sp³-hybridized carbons (Fsp3) is 0.136. The van der Waals surface area contributed by atoms with E-state index in [-0.39, 0.29) is 12.4 Å². The minimum atomic E-state index is -0.930. The van der Waals surface area contributed by atoms with Crippen LogP contribution in [-0.2, 0) is 17.8 Å². The van der Waals surface area contributed by atoms with Crippen molar-refractivity contribution in [1.82, 2.24) is 4.57 Å². The third kappa shape index (κ3) is 3.51. The average molecular weight is 395 g/mol. The Morgan fingerprint density at radius 2 is 1.96 bits per heavy atom. The second-order valence-electron chi connectivity index (χ2n) is 6.51. The van der Waals surface area contributed by atoms with E-state index in [1.165, 1.54) is 12.1 Å². The molecule has 0 amide bonds. The van der Waals surface area contributed by atoms with Gasteiger partial charge < -0.3 is 14.4 Å². The maximum atomic E-state index is 13.9. The zero-order valence-corrected chi connectivity index (χ0v) is 16.0. The predicted molar refractivity (Wildman–Crippen MR) is 108 cm³/mol. The molecule has 1 N–H and O–H groups in total. The first-order valence-electron chi connectivity index (χ1n) is 8.81. The van der Waals surface area contributed by atoms with Gasteiger partial charge in [0.25, 0.3) is 0 Å². The number of carbonyl (C=O) groups is 1. The highest BCUT2D eigenvalue weighted by Gasteiger charge is 2.19. The van der Waals surface area contributed by atoms with Crippen molar-refractivity contribution in [3.8, 4) is 11.5 Å². The maximum Gasteiger partial charge on any atom is 0.323 e. The van der Waals surface area contributed by atoms with E-state index in [4.69, 9.17) is 4.74 Å². The van der Waals surface area contributed by atoms with Crippen molar-refractivity contribution >= 4 is 28.2 Å². The van der Waals surface area contributed by atoms with E-state index in [2.05, 4.69) is 0 Å². The molecule has 0 unspecified atom stereocenters. The standard InChI is InChI=1S/C22H18FNO3S/c1-14-17(18-11-15(23)7-8-19(18)24(14)13-22(25)26)12-21-20(9-10-28-21)27-16-5-3-2-4-6-16/h2-11H,12-13H2,1H3,(H,25,26). The van der Waals surface area contributed by atoms with Crippen LogP contribution in [0.4, 0.5) is 4.39 Å². The smallest absolute Gasteiger partial charge is 0.323 e. The molecule has 4 aromatic rings. The molecule has 0 fully saturated rings. The minimum Gasteiger partial charge on any atom is -0.480 e. The summed E-state index contributed by atoms with van der Waals surface area (Å²) in [6.07, 6.45) is 0.540. The first-order valence-corrected chi connectivity index (χ1v) is 9.69. The van der Waals surface area contributed by atoms with Crippen molar-refractivity contribution in [2.45, 2.75) is 19.9 Å². The summed E-state index contributed by atoms with van der Waals surface area (Å²) >= 11 is 1.56. The molecule has 2 heterocycles. The second-order valence-corrected chi connectivity index (χ2v) is 7.51. The normalized spacial score (nSPS) is 11.1. The van der Waals surface area contributed by atoms with Crippen LogP contribution in [0.5, 0.6) is 11.5 Å². The Morgan fingerprint density at radius 3 is 2.71 bits per heavy atom. The molecule has 2 aromatic carbocycles. The molecule has 28 heavy (non-hydrogen) atoms. The van der Waals surface area contributed by atoms with Crippen LogP contribution in [0.2, 0.25) is 0 Å². The topological polar surface area (TPSA) is 51.5 Å². The molecule has 0 aliphatic heterocycles. The zero-order chi connectivity index (χ0) is 19.7. The summed E-state index contributed by atoms with van der Waals surface area (Å²) in [5.41, 5.74) is 2.46. The lowest BCUT2D eigenvalue weighted by Crippen LogP contribution is -2.10. The number of fused-ring (bicyclic) bond motifs is 1. The van der Waals surface area contributed by atoms with E-state index in [1.54, 1.807) is 22.0 Å². The quantitative estimate of drug-likeness (QED) is 0.461. The Labute approximate surface area is 165 Å². The van der Waals surface area contributed by atoms with Gasteiger partial charge in [-0.2, -0.15) is 0 Å². The Balaban J connectivity index is 1.75. The van der Waals surface area contributed by atoms with Crippen LogP contribution in [-0.4, -0.2) is 15.6 Å². The number of aliphatic carboxylic acids is 1. The molecule has 0 saturated carbocycles. The van der Waals surface area contributed by atoms with Gasteiger partial charge in [0, 0.05) is 23.0 Å². The van der Waals surface area contributed by atoms with Gasteiger partial charge in [-0.05, 0) is 54.3 Å². The zero-order valence-electron chi connectivity index (χ0n) is 15.2. The highest BCUT2D eigenvalue weighted by Crippen LogP contribution is 2.35. The average Bonchev–Trinajstić information content (AvgIpc) is 3.20. The molecule has 4 rings (SSSR count). The lowest BCUT2D eigenvalue weighted by atomic mass is 10.1. The largest absolute Gasteiger partial charge is 0.480 e. The van der Waals surface area contributed by atoms with Gasteiger partial charge in [0.05, 0.1) is 4.88 Å². The Hall–Kier alpha value is -3.12. The lowest BCUT2D eigenvalue weighted by Gasteiger charge is -2.08. The van der Waals surface area contributed by atoms with Crippen molar-refractivity contribution in [2.75, 3.05) is 0 Å². The number of carboxylic acid groups (broad SMARTS) is 1. The van der Waals surface area contributed by atoms with E-state index in [0.29, 0.717) is 6.42 Å². The molecule has 0 saturated heterocycles. The maximum absolute atomic E-state index is 13.9. The summed E-state index contributed by atoms with van der Waals surface area (Å²) in [5.74, 6) is 0.234. The van der Waals surface area contributed by atoms with Crippen LogP contribution in [0.15, 0.2) is 60.0 Å². The van der Waals surface area contributed by atoms with Crippen molar-refractivity contribution in [1.29, 1.82) is 0 Å². The number of para-hydroxylation sites is 1. The van der Waals surface area contributed by atoms with Gasteiger partial charge in [-0.15, -0.1) is 11.3 Å². The third-order valence-corrected chi connectivity index (χ3v) is 5.62. The summed E-state index contributed by atoms with van der Waals surface area (Å²) in [6.45, 7) is 1.72. The Morgan fingerprint density at radius 1 is 1.18 bits per heavy atom. The van der Waals surface area contributed by atoms with Crippen LogP contribution in [0.25, 0.3) is 10.9 Å². The van der Waals surface area contributed by atoms with Crippen molar-refractivity contribution in [2.24, 2.45) is 0 Å². The first-order chi connectivity index (χ1) is 13.5. The van der Waals surface area contributed by atoms with Gasteiger partial charge in [-0.1, -0.05) is 18.2 Å². The van der Waals surface area contributed by atoms with Gasteiger partial charge in [0.2, 0.25) is 0 Å². The van der Waals surface area contributed by atoms with Gasteiger partial charge in [-0.25, -0.2) is 4.39 Å².